The number of aryl methyl sites for hydroxylation is 1. The summed E-state index contributed by atoms with van der Waals surface area (Å²) in [6.07, 6.45) is 3.23. The first-order valence-electron chi connectivity index (χ1n) is 6.10. The smallest absolute Gasteiger partial charge is 0.243 e. The second kappa shape index (κ2) is 4.99. The van der Waals surface area contributed by atoms with Crippen LogP contribution < -0.4 is 11.1 Å². The number of nitrogens with one attached hydrogen (secondary N) is 1. The number of amides is 1. The van der Waals surface area contributed by atoms with E-state index in [-0.39, 0.29) is 5.91 Å². The van der Waals surface area contributed by atoms with E-state index in [0.29, 0.717) is 5.69 Å². The molecule has 1 aromatic heterocycles. The van der Waals surface area contributed by atoms with Gasteiger partial charge >= 0.3 is 0 Å². The molecule has 1 unspecified atom stereocenters. The molecule has 6 nitrogen and oxygen atoms in total. The Balaban J connectivity index is 2.43. The van der Waals surface area contributed by atoms with Crippen molar-refractivity contribution >= 4 is 5.91 Å². The Morgan fingerprint density at radius 1 is 1.39 bits per heavy atom. The average molecular weight is 249 g/mol. The van der Waals surface area contributed by atoms with Crippen LogP contribution in [0.1, 0.15) is 18.3 Å². The van der Waals surface area contributed by atoms with E-state index < -0.39 is 5.54 Å². The Hall–Kier alpha value is -1.53. The maximum Gasteiger partial charge on any atom is 0.243 e. The number of carbonyl (C=O) groups excluding carboxylic acids is 1. The molecule has 3 N–H and O–H groups in total. The predicted octanol–water partition coefficient (Wildman–Crippen LogP) is -0.609. The van der Waals surface area contributed by atoms with Gasteiger partial charge < -0.3 is 11.1 Å². The number of hydrogen-bond acceptors (Lipinski definition) is 5. The molecule has 98 valence electrons. The normalized spacial score (nSPS) is 20.3. The number of primary amides is 1. The van der Waals surface area contributed by atoms with Gasteiger partial charge in [0.15, 0.2) is 0 Å². The average Bonchev–Trinajstić information content (AvgIpc) is 2.39. The zero-order chi connectivity index (χ0) is 13.2. The van der Waals surface area contributed by atoms with Gasteiger partial charge in [0.1, 0.15) is 5.54 Å². The van der Waals surface area contributed by atoms with E-state index in [1.54, 1.807) is 12.4 Å². The zero-order valence-electron chi connectivity index (χ0n) is 10.8. The molecule has 0 bridgehead atoms. The van der Waals surface area contributed by atoms with Crippen molar-refractivity contribution in [2.45, 2.75) is 19.4 Å². The van der Waals surface area contributed by atoms with E-state index in [0.717, 1.165) is 31.9 Å². The van der Waals surface area contributed by atoms with E-state index in [4.69, 9.17) is 5.73 Å². The van der Waals surface area contributed by atoms with Gasteiger partial charge in [-0.2, -0.15) is 0 Å². The van der Waals surface area contributed by atoms with Gasteiger partial charge in [-0.05, 0) is 13.8 Å². The highest BCUT2D eigenvalue weighted by Gasteiger charge is 2.42. The second-order valence-corrected chi connectivity index (χ2v) is 4.66. The first-order chi connectivity index (χ1) is 8.56. The highest BCUT2D eigenvalue weighted by Crippen LogP contribution is 2.28. The topological polar surface area (TPSA) is 84.1 Å². The van der Waals surface area contributed by atoms with Gasteiger partial charge in [0.05, 0.1) is 11.4 Å². The summed E-state index contributed by atoms with van der Waals surface area (Å²) in [6, 6.07) is 0. The maximum atomic E-state index is 12.0. The molecule has 1 saturated heterocycles. The van der Waals surface area contributed by atoms with Gasteiger partial charge in [0, 0.05) is 38.6 Å². The van der Waals surface area contributed by atoms with Crippen LogP contribution in [0.5, 0.6) is 0 Å². The van der Waals surface area contributed by atoms with Crippen LogP contribution in [0.3, 0.4) is 0 Å². The first-order valence-corrected chi connectivity index (χ1v) is 6.10. The third-order valence-corrected chi connectivity index (χ3v) is 3.57. The fourth-order valence-corrected chi connectivity index (χ4v) is 2.42. The number of piperazine rings is 1. The molecule has 1 atom stereocenters. The standard InChI is InChI=1S/C12H19N5O/c1-9-10(16-4-3-15-9)12(2,11(13)18)17-7-5-14-6-8-17/h3-4,14H,5-8H2,1-2H3,(H2,13,18). The van der Waals surface area contributed by atoms with Gasteiger partial charge in [-0.1, -0.05) is 0 Å². The molecule has 18 heavy (non-hydrogen) atoms. The van der Waals surface area contributed by atoms with Crippen LogP contribution in [-0.4, -0.2) is 47.0 Å². The lowest BCUT2D eigenvalue weighted by molar-refractivity contribution is -0.130. The number of hydrogen-bond donors (Lipinski definition) is 2. The van der Waals surface area contributed by atoms with Crippen molar-refractivity contribution in [3.8, 4) is 0 Å². The summed E-state index contributed by atoms with van der Waals surface area (Å²) in [5, 5.41) is 3.26. The molecule has 1 fully saturated rings. The molecule has 1 aliphatic heterocycles. The molecule has 0 spiro atoms. The SMILES string of the molecule is Cc1nccnc1C(C)(C(N)=O)N1CCNCC1. The van der Waals surface area contributed by atoms with Crippen molar-refractivity contribution in [2.75, 3.05) is 26.2 Å². The minimum atomic E-state index is -0.888. The van der Waals surface area contributed by atoms with Crippen molar-refractivity contribution in [1.29, 1.82) is 0 Å². The highest BCUT2D eigenvalue weighted by molar-refractivity contribution is 5.85. The number of nitrogens with zero attached hydrogens (tertiary/aromatic N) is 3. The fourth-order valence-electron chi connectivity index (χ4n) is 2.42. The maximum absolute atomic E-state index is 12.0. The van der Waals surface area contributed by atoms with Crippen LogP contribution in [0.25, 0.3) is 0 Å². The molecule has 2 rings (SSSR count). The van der Waals surface area contributed by atoms with Crippen molar-refractivity contribution in [3.63, 3.8) is 0 Å². The van der Waals surface area contributed by atoms with Crippen LogP contribution in [0.2, 0.25) is 0 Å². The Morgan fingerprint density at radius 2 is 2.00 bits per heavy atom. The summed E-state index contributed by atoms with van der Waals surface area (Å²) >= 11 is 0. The minimum Gasteiger partial charge on any atom is -0.368 e. The summed E-state index contributed by atoms with van der Waals surface area (Å²) in [6.45, 7) is 6.93. The van der Waals surface area contributed by atoms with E-state index >= 15 is 0 Å². The first kappa shape index (κ1) is 12.9. The molecule has 0 radical (unpaired) electrons. The van der Waals surface area contributed by atoms with Crippen molar-refractivity contribution < 1.29 is 4.79 Å². The van der Waals surface area contributed by atoms with E-state index in [1.807, 2.05) is 13.8 Å². The lowest BCUT2D eigenvalue weighted by atomic mass is 9.91. The van der Waals surface area contributed by atoms with Gasteiger partial charge in [-0.3, -0.25) is 19.7 Å². The van der Waals surface area contributed by atoms with E-state index in [9.17, 15) is 4.79 Å². The molecule has 1 amide bonds. The summed E-state index contributed by atoms with van der Waals surface area (Å²) in [7, 11) is 0. The Labute approximate surface area is 107 Å². The third-order valence-electron chi connectivity index (χ3n) is 3.57. The van der Waals surface area contributed by atoms with Crippen molar-refractivity contribution in [3.05, 3.63) is 23.8 Å². The Kier molecular flexibility index (Phi) is 3.58. The lowest BCUT2D eigenvalue weighted by Gasteiger charge is -2.41. The summed E-state index contributed by atoms with van der Waals surface area (Å²) < 4.78 is 0. The second-order valence-electron chi connectivity index (χ2n) is 4.66. The largest absolute Gasteiger partial charge is 0.368 e. The molecule has 0 aliphatic carbocycles. The third kappa shape index (κ3) is 2.09. The van der Waals surface area contributed by atoms with Crippen LogP contribution in [0.4, 0.5) is 0 Å². The number of carbonyl (C=O) groups is 1. The van der Waals surface area contributed by atoms with Crippen molar-refractivity contribution in [1.82, 2.24) is 20.2 Å². The molecule has 0 aromatic carbocycles. The molecular weight excluding hydrogens is 230 g/mol. The molecular formula is C12H19N5O. The highest BCUT2D eigenvalue weighted by atomic mass is 16.1. The Morgan fingerprint density at radius 3 is 2.56 bits per heavy atom. The van der Waals surface area contributed by atoms with Crippen LogP contribution in [0.15, 0.2) is 12.4 Å². The minimum absolute atomic E-state index is 0.381. The molecule has 1 aromatic rings. The Bertz CT molecular complexity index is 444. The van der Waals surface area contributed by atoms with Crippen LogP contribution >= 0.6 is 0 Å². The number of aromatic nitrogens is 2. The molecule has 0 saturated carbocycles. The van der Waals surface area contributed by atoms with Gasteiger partial charge in [-0.25, -0.2) is 0 Å². The monoisotopic (exact) mass is 249 g/mol. The fraction of sp³-hybridized carbons (Fsp3) is 0.583. The lowest BCUT2D eigenvalue weighted by Crippen LogP contribution is -2.59. The van der Waals surface area contributed by atoms with Gasteiger partial charge in [-0.15, -0.1) is 0 Å². The van der Waals surface area contributed by atoms with Gasteiger partial charge in [0.2, 0.25) is 5.91 Å². The molecule has 1 aliphatic rings. The zero-order valence-corrected chi connectivity index (χ0v) is 10.8. The van der Waals surface area contributed by atoms with Crippen molar-refractivity contribution in [2.24, 2.45) is 5.73 Å². The predicted molar refractivity (Wildman–Crippen MR) is 67.8 cm³/mol. The summed E-state index contributed by atoms with van der Waals surface area (Å²) in [4.78, 5) is 22.6. The van der Waals surface area contributed by atoms with E-state index in [1.165, 1.54) is 0 Å². The summed E-state index contributed by atoms with van der Waals surface area (Å²) in [5.41, 5.74) is 6.15. The summed E-state index contributed by atoms with van der Waals surface area (Å²) in [5.74, 6) is -0.381. The van der Waals surface area contributed by atoms with Crippen LogP contribution in [0, 0.1) is 6.92 Å². The van der Waals surface area contributed by atoms with Gasteiger partial charge in [0.25, 0.3) is 0 Å². The molecule has 6 heteroatoms. The van der Waals surface area contributed by atoms with Crippen LogP contribution in [-0.2, 0) is 10.3 Å². The number of rotatable bonds is 3. The number of nitrogens with two attached hydrogens (primary N) is 1. The van der Waals surface area contributed by atoms with E-state index in [2.05, 4.69) is 20.2 Å². The quantitative estimate of drug-likeness (QED) is 0.746. The molecule has 2 heterocycles.